The van der Waals surface area contributed by atoms with Crippen molar-refractivity contribution in [2.75, 3.05) is 0 Å². The number of hydrogen-bond donors (Lipinski definition) is 0. The van der Waals surface area contributed by atoms with Gasteiger partial charge in [-0.15, -0.1) is 0 Å². The van der Waals surface area contributed by atoms with Gasteiger partial charge >= 0.3 is 0 Å². The highest BCUT2D eigenvalue weighted by Gasteiger charge is 2.43. The number of aromatic nitrogens is 2. The van der Waals surface area contributed by atoms with Gasteiger partial charge in [0.25, 0.3) is 0 Å². The van der Waals surface area contributed by atoms with Crippen LogP contribution < -0.4 is 0 Å². The maximum atomic E-state index is 14.0. The first-order valence-corrected chi connectivity index (χ1v) is 9.15. The van der Waals surface area contributed by atoms with Gasteiger partial charge in [-0.1, -0.05) is 17.7 Å². The average Bonchev–Trinajstić information content (AvgIpc) is 3.12. The normalized spacial score (nSPS) is 25.4. The minimum Gasteiger partial charge on any atom is -0.336 e. The largest absolute Gasteiger partial charge is 0.336 e. The number of benzene rings is 1. The Labute approximate surface area is 151 Å². The van der Waals surface area contributed by atoms with Crippen LogP contribution in [0, 0.1) is 12.7 Å². The zero-order chi connectivity index (χ0) is 17.6. The first kappa shape index (κ1) is 16.6. The number of rotatable bonds is 3. The molecule has 132 valence electrons. The molecule has 4 rings (SSSR count). The lowest BCUT2D eigenvalue weighted by atomic mass is 9.96. The smallest absolute Gasteiger partial charge is 0.227 e. The van der Waals surface area contributed by atoms with Gasteiger partial charge < -0.3 is 4.90 Å². The minimum atomic E-state index is -0.407. The summed E-state index contributed by atoms with van der Waals surface area (Å²) in [6, 6.07) is 5.32. The van der Waals surface area contributed by atoms with E-state index in [0.29, 0.717) is 16.6 Å². The van der Waals surface area contributed by atoms with Crippen LogP contribution in [0.25, 0.3) is 0 Å². The van der Waals surface area contributed by atoms with Crippen LogP contribution >= 0.6 is 11.6 Å². The van der Waals surface area contributed by atoms with Gasteiger partial charge in [-0.25, -0.2) is 4.39 Å². The van der Waals surface area contributed by atoms with E-state index in [1.165, 1.54) is 6.07 Å². The zero-order valence-electron chi connectivity index (χ0n) is 14.2. The molecule has 2 aliphatic heterocycles. The van der Waals surface area contributed by atoms with Crippen molar-refractivity contribution in [3.63, 3.8) is 0 Å². The summed E-state index contributed by atoms with van der Waals surface area (Å²) >= 11 is 6.08. The van der Waals surface area contributed by atoms with Crippen molar-refractivity contribution in [3.05, 3.63) is 52.6 Å². The molecule has 2 aromatic rings. The molecule has 0 spiro atoms. The van der Waals surface area contributed by atoms with Gasteiger partial charge in [-0.3, -0.25) is 9.48 Å². The van der Waals surface area contributed by atoms with Crippen molar-refractivity contribution >= 4 is 17.5 Å². The van der Waals surface area contributed by atoms with Crippen LogP contribution in [0.3, 0.4) is 0 Å². The van der Waals surface area contributed by atoms with Crippen molar-refractivity contribution in [1.82, 2.24) is 14.7 Å². The summed E-state index contributed by atoms with van der Waals surface area (Å²) < 4.78 is 16.0. The highest BCUT2D eigenvalue weighted by Crippen LogP contribution is 2.41. The molecule has 0 radical (unpaired) electrons. The summed E-state index contributed by atoms with van der Waals surface area (Å²) in [5, 5.41) is 4.76. The fourth-order valence-electron chi connectivity index (χ4n) is 4.35. The Hall–Kier alpha value is -1.88. The molecular weight excluding hydrogens is 341 g/mol. The van der Waals surface area contributed by atoms with Crippen LogP contribution in [-0.4, -0.2) is 32.7 Å². The average molecular weight is 362 g/mol. The summed E-state index contributed by atoms with van der Waals surface area (Å²) in [7, 11) is 0. The van der Waals surface area contributed by atoms with E-state index in [2.05, 4.69) is 11.3 Å². The standard InChI is InChI=1S/C19H21ClFN3O/c1-12-10-22-23(11-12)15-7-13-5-6-14(8-15)24(13)19(25)9-16-17(20)3-2-4-18(16)21/h2-4,10-11,13-15H,5-9H2,1H3. The SMILES string of the molecule is Cc1cnn(C2CC3CCC(C2)N3C(=O)Cc2c(F)cccc2Cl)c1. The van der Waals surface area contributed by atoms with E-state index in [0.717, 1.165) is 31.2 Å². The molecule has 1 aromatic carbocycles. The molecule has 0 N–H and O–H groups in total. The number of aryl methyl sites for hydroxylation is 1. The van der Waals surface area contributed by atoms with Gasteiger partial charge in [-0.05, 0) is 50.3 Å². The lowest BCUT2D eigenvalue weighted by Crippen LogP contribution is -2.47. The molecule has 4 nitrogen and oxygen atoms in total. The maximum Gasteiger partial charge on any atom is 0.227 e. The van der Waals surface area contributed by atoms with Crippen LogP contribution in [0.2, 0.25) is 5.02 Å². The Morgan fingerprint density at radius 2 is 2.00 bits per heavy atom. The molecule has 2 aliphatic rings. The van der Waals surface area contributed by atoms with Crippen LogP contribution in [0.15, 0.2) is 30.6 Å². The third kappa shape index (κ3) is 3.06. The number of halogens is 2. The van der Waals surface area contributed by atoms with Crippen molar-refractivity contribution in [2.45, 2.75) is 57.2 Å². The highest BCUT2D eigenvalue weighted by molar-refractivity contribution is 6.31. The van der Waals surface area contributed by atoms with Crippen LogP contribution in [0.1, 0.15) is 42.9 Å². The summed E-state index contributed by atoms with van der Waals surface area (Å²) in [6.07, 6.45) is 7.82. The Bertz CT molecular complexity index is 771. The lowest BCUT2D eigenvalue weighted by Gasteiger charge is -2.39. The van der Waals surface area contributed by atoms with E-state index in [1.54, 1.807) is 12.1 Å². The van der Waals surface area contributed by atoms with E-state index >= 15 is 0 Å². The van der Waals surface area contributed by atoms with E-state index < -0.39 is 5.82 Å². The second-order valence-electron chi connectivity index (χ2n) is 7.19. The van der Waals surface area contributed by atoms with Gasteiger partial charge in [-0.2, -0.15) is 5.10 Å². The molecule has 1 amide bonds. The topological polar surface area (TPSA) is 38.1 Å². The molecule has 2 fully saturated rings. The molecule has 6 heteroatoms. The first-order chi connectivity index (χ1) is 12.0. The zero-order valence-corrected chi connectivity index (χ0v) is 14.9. The molecule has 3 heterocycles. The molecule has 1 aromatic heterocycles. The van der Waals surface area contributed by atoms with E-state index in [-0.39, 0.29) is 24.4 Å². The number of nitrogens with zero attached hydrogens (tertiary/aromatic N) is 3. The quantitative estimate of drug-likeness (QED) is 0.831. The molecule has 2 unspecified atom stereocenters. The van der Waals surface area contributed by atoms with E-state index in [4.69, 9.17) is 11.6 Å². The fraction of sp³-hybridized carbons (Fsp3) is 0.474. The van der Waals surface area contributed by atoms with Crippen molar-refractivity contribution < 1.29 is 9.18 Å². The molecule has 2 saturated heterocycles. The Morgan fingerprint density at radius 3 is 2.60 bits per heavy atom. The summed E-state index contributed by atoms with van der Waals surface area (Å²) in [6.45, 7) is 2.04. The third-order valence-electron chi connectivity index (χ3n) is 5.49. The van der Waals surface area contributed by atoms with Crippen LogP contribution in [-0.2, 0) is 11.2 Å². The monoisotopic (exact) mass is 361 g/mol. The van der Waals surface area contributed by atoms with E-state index in [9.17, 15) is 9.18 Å². The van der Waals surface area contributed by atoms with E-state index in [1.807, 2.05) is 22.7 Å². The molecule has 2 bridgehead atoms. The van der Waals surface area contributed by atoms with Crippen LogP contribution in [0.5, 0.6) is 0 Å². The van der Waals surface area contributed by atoms with Gasteiger partial charge in [0.1, 0.15) is 5.82 Å². The second kappa shape index (κ2) is 6.45. The lowest BCUT2D eigenvalue weighted by molar-refractivity contribution is -0.135. The molecule has 2 atom stereocenters. The van der Waals surface area contributed by atoms with Crippen molar-refractivity contribution in [2.24, 2.45) is 0 Å². The summed E-state index contributed by atoms with van der Waals surface area (Å²) in [5.74, 6) is -0.426. The second-order valence-corrected chi connectivity index (χ2v) is 7.59. The van der Waals surface area contributed by atoms with Gasteiger partial charge in [0.15, 0.2) is 0 Å². The number of piperidine rings is 1. The van der Waals surface area contributed by atoms with Gasteiger partial charge in [0, 0.05) is 28.9 Å². The minimum absolute atomic E-state index is 0.0189. The fourth-order valence-corrected chi connectivity index (χ4v) is 4.58. The number of carbonyl (C=O) groups is 1. The Kier molecular flexibility index (Phi) is 4.28. The Balaban J connectivity index is 1.50. The first-order valence-electron chi connectivity index (χ1n) is 8.77. The maximum absolute atomic E-state index is 14.0. The Morgan fingerprint density at radius 1 is 1.28 bits per heavy atom. The highest BCUT2D eigenvalue weighted by atomic mass is 35.5. The predicted octanol–water partition coefficient (Wildman–Crippen LogP) is 3.92. The number of amides is 1. The summed E-state index contributed by atoms with van der Waals surface area (Å²) in [4.78, 5) is 14.8. The van der Waals surface area contributed by atoms with Gasteiger partial charge in [0.2, 0.25) is 5.91 Å². The van der Waals surface area contributed by atoms with Crippen LogP contribution in [0.4, 0.5) is 4.39 Å². The molecule has 0 saturated carbocycles. The predicted molar refractivity (Wildman–Crippen MR) is 94.0 cm³/mol. The third-order valence-corrected chi connectivity index (χ3v) is 5.84. The summed E-state index contributed by atoms with van der Waals surface area (Å²) in [5.41, 5.74) is 1.46. The molecule has 25 heavy (non-hydrogen) atoms. The van der Waals surface area contributed by atoms with Crippen molar-refractivity contribution in [3.8, 4) is 0 Å². The van der Waals surface area contributed by atoms with Gasteiger partial charge in [0.05, 0.1) is 18.7 Å². The number of hydrogen-bond acceptors (Lipinski definition) is 2. The van der Waals surface area contributed by atoms with Crippen molar-refractivity contribution in [1.29, 1.82) is 0 Å². The molecular formula is C19H21ClFN3O. The number of carbonyl (C=O) groups excluding carboxylic acids is 1. The molecule has 0 aliphatic carbocycles. The number of fused-ring (bicyclic) bond motifs is 2.